The number of halogens is 13. The largest absolute Gasteiger partial charge is 0.460 e. The summed E-state index contributed by atoms with van der Waals surface area (Å²) < 4.78 is 161. The molecule has 0 saturated carbocycles. The van der Waals surface area contributed by atoms with E-state index in [1.807, 2.05) is 0 Å². The average molecular weight is 434 g/mol. The van der Waals surface area contributed by atoms with Crippen LogP contribution in [0, 0.1) is 0 Å². The molecule has 13 heteroatoms. The van der Waals surface area contributed by atoms with Gasteiger partial charge in [0.2, 0.25) is 0 Å². The van der Waals surface area contributed by atoms with E-state index in [1.54, 1.807) is 0 Å². The predicted molar refractivity (Wildman–Crippen MR) is 70.9 cm³/mol. The van der Waals surface area contributed by atoms with Crippen LogP contribution in [-0.4, -0.2) is 35.8 Å². The van der Waals surface area contributed by atoms with E-state index < -0.39 is 42.2 Å². The Labute approximate surface area is 147 Å². The van der Waals surface area contributed by atoms with Crippen LogP contribution in [0.2, 0.25) is 0 Å². The summed E-state index contributed by atoms with van der Waals surface area (Å²) in [6.07, 6.45) is -4.03. The minimum Gasteiger partial charge on any atom is -0.200 e. The molecule has 0 amide bonds. The van der Waals surface area contributed by atoms with Crippen molar-refractivity contribution in [2.75, 3.05) is 0 Å². The van der Waals surface area contributed by atoms with Gasteiger partial charge in [0.25, 0.3) is 0 Å². The molecule has 0 unspecified atom stereocenters. The summed E-state index contributed by atoms with van der Waals surface area (Å²) in [6, 6.07) is 0. The van der Waals surface area contributed by atoms with E-state index in [2.05, 4.69) is 13.8 Å². The first-order chi connectivity index (χ1) is 11.7. The van der Waals surface area contributed by atoms with Gasteiger partial charge < -0.3 is 0 Å². The standard InChI is InChI=1S/C8H5F13.C6H14/c1-2-3(9,10)4(11,12)5(13,14)6(15,16)7(17,18)8(19,20)21;1-3-5-6-4-2/h2H2,1H3;3-6H2,1-2H3. The topological polar surface area (TPSA) is 0 Å². The SMILES string of the molecule is CCC(F)(F)C(F)(F)C(F)(F)C(F)(F)C(F)(F)C(F)(F)F.CCCCCC. The first kappa shape index (κ1) is 28.3. The Morgan fingerprint density at radius 3 is 0.963 bits per heavy atom. The zero-order valence-electron chi connectivity index (χ0n) is 14.4. The van der Waals surface area contributed by atoms with E-state index >= 15 is 0 Å². The summed E-state index contributed by atoms with van der Waals surface area (Å²) in [7, 11) is 0. The lowest BCUT2D eigenvalue weighted by Crippen LogP contribution is -2.69. The van der Waals surface area contributed by atoms with Crippen molar-refractivity contribution in [3.63, 3.8) is 0 Å². The maximum absolute atomic E-state index is 12.7. The molecule has 0 aromatic carbocycles. The van der Waals surface area contributed by atoms with E-state index in [1.165, 1.54) is 25.7 Å². The van der Waals surface area contributed by atoms with Gasteiger partial charge in [0.1, 0.15) is 0 Å². The maximum Gasteiger partial charge on any atom is 0.460 e. The molecule has 27 heavy (non-hydrogen) atoms. The van der Waals surface area contributed by atoms with Crippen molar-refractivity contribution >= 4 is 0 Å². The first-order valence-corrected chi connectivity index (χ1v) is 7.68. The summed E-state index contributed by atoms with van der Waals surface area (Å²) >= 11 is 0. The van der Waals surface area contributed by atoms with Gasteiger partial charge in [-0.2, -0.15) is 57.1 Å². The monoisotopic (exact) mass is 434 g/mol. The van der Waals surface area contributed by atoms with E-state index in [0.717, 1.165) is 0 Å². The van der Waals surface area contributed by atoms with Crippen molar-refractivity contribution in [1.29, 1.82) is 0 Å². The van der Waals surface area contributed by atoms with E-state index in [0.29, 0.717) is 0 Å². The van der Waals surface area contributed by atoms with Crippen LogP contribution < -0.4 is 0 Å². The highest BCUT2D eigenvalue weighted by molar-refractivity contribution is 5.09. The summed E-state index contributed by atoms with van der Waals surface area (Å²) in [5, 5.41) is 0. The minimum atomic E-state index is -7.81. The van der Waals surface area contributed by atoms with Crippen molar-refractivity contribution in [2.24, 2.45) is 0 Å². The van der Waals surface area contributed by atoms with Crippen LogP contribution in [0.4, 0.5) is 57.1 Å². The highest BCUT2D eigenvalue weighted by atomic mass is 19.4. The van der Waals surface area contributed by atoms with Crippen LogP contribution in [0.15, 0.2) is 0 Å². The number of hydrogen-bond acceptors (Lipinski definition) is 0. The van der Waals surface area contributed by atoms with Gasteiger partial charge in [-0.15, -0.1) is 0 Å². The van der Waals surface area contributed by atoms with Crippen LogP contribution in [0.5, 0.6) is 0 Å². The minimum absolute atomic E-state index is 0.115. The molecule has 0 aliphatic rings. The number of alkyl halides is 13. The first-order valence-electron chi connectivity index (χ1n) is 7.68. The van der Waals surface area contributed by atoms with Crippen molar-refractivity contribution in [2.45, 2.75) is 88.7 Å². The molecule has 166 valence electrons. The number of rotatable bonds is 8. The van der Waals surface area contributed by atoms with Crippen LogP contribution in [0.3, 0.4) is 0 Å². The van der Waals surface area contributed by atoms with Gasteiger partial charge in [-0.1, -0.05) is 46.5 Å². The molecule has 0 bridgehead atoms. The van der Waals surface area contributed by atoms with Gasteiger partial charge in [0.15, 0.2) is 0 Å². The van der Waals surface area contributed by atoms with Crippen molar-refractivity contribution in [3.8, 4) is 0 Å². The highest BCUT2D eigenvalue weighted by Gasteiger charge is 2.90. The Hall–Kier alpha value is -0.910. The third kappa shape index (κ3) is 5.33. The zero-order valence-corrected chi connectivity index (χ0v) is 14.4. The predicted octanol–water partition coefficient (Wildman–Crippen LogP) is 7.72. The molecule has 0 nitrogen and oxygen atoms in total. The molecule has 0 saturated heterocycles. The second kappa shape index (κ2) is 9.06. The molecule has 0 heterocycles. The van der Waals surface area contributed by atoms with E-state index in [-0.39, 0.29) is 6.92 Å². The van der Waals surface area contributed by atoms with Crippen molar-refractivity contribution in [1.82, 2.24) is 0 Å². The average Bonchev–Trinajstić information content (AvgIpc) is 2.51. The summed E-state index contributed by atoms with van der Waals surface area (Å²) in [5.74, 6) is -36.2. The summed E-state index contributed by atoms with van der Waals surface area (Å²) in [5.41, 5.74) is 0. The quantitative estimate of drug-likeness (QED) is 0.271. The van der Waals surface area contributed by atoms with Gasteiger partial charge in [-0.3, -0.25) is 0 Å². The van der Waals surface area contributed by atoms with Gasteiger partial charge in [0.05, 0.1) is 0 Å². The molecule has 0 fully saturated rings. The van der Waals surface area contributed by atoms with Gasteiger partial charge in [0, 0.05) is 6.42 Å². The normalized spacial score (nSPS) is 14.7. The maximum atomic E-state index is 12.7. The van der Waals surface area contributed by atoms with Gasteiger partial charge in [-0.05, 0) is 0 Å². The lowest BCUT2D eigenvalue weighted by atomic mass is 9.93. The van der Waals surface area contributed by atoms with Gasteiger partial charge in [-0.25, -0.2) is 0 Å². The summed E-state index contributed by atoms with van der Waals surface area (Å²) in [4.78, 5) is 0. The molecular formula is C14H19F13. The van der Waals surface area contributed by atoms with Crippen LogP contribution >= 0.6 is 0 Å². The fourth-order valence-electron chi connectivity index (χ4n) is 1.52. The Morgan fingerprint density at radius 1 is 0.444 bits per heavy atom. The lowest BCUT2D eigenvalue weighted by molar-refractivity contribution is -0.439. The number of unbranched alkanes of at least 4 members (excludes halogenated alkanes) is 3. The second-order valence-corrected chi connectivity index (χ2v) is 5.56. The number of hydrogen-bond donors (Lipinski definition) is 0. The van der Waals surface area contributed by atoms with Gasteiger partial charge >= 0.3 is 35.8 Å². The summed E-state index contributed by atoms with van der Waals surface area (Å²) in [6.45, 7) is 4.58. The highest BCUT2D eigenvalue weighted by Crippen LogP contribution is 2.60. The Bertz CT molecular complexity index is 433. The second-order valence-electron chi connectivity index (χ2n) is 5.56. The van der Waals surface area contributed by atoms with Crippen LogP contribution in [-0.2, 0) is 0 Å². The van der Waals surface area contributed by atoms with Crippen molar-refractivity contribution < 1.29 is 57.1 Å². The van der Waals surface area contributed by atoms with E-state index in [4.69, 9.17) is 0 Å². The molecule has 0 aliphatic carbocycles. The molecule has 0 aromatic rings. The molecular weight excluding hydrogens is 415 g/mol. The smallest absolute Gasteiger partial charge is 0.200 e. The molecule has 0 radical (unpaired) electrons. The lowest BCUT2D eigenvalue weighted by Gasteiger charge is -2.39. The molecule has 0 aliphatic heterocycles. The zero-order chi connectivity index (χ0) is 22.5. The Morgan fingerprint density at radius 2 is 0.741 bits per heavy atom. The fourth-order valence-corrected chi connectivity index (χ4v) is 1.52. The fraction of sp³-hybridized carbons (Fsp3) is 1.00. The third-order valence-corrected chi connectivity index (χ3v) is 3.40. The molecule has 0 atom stereocenters. The molecule has 0 aromatic heterocycles. The van der Waals surface area contributed by atoms with Crippen LogP contribution in [0.25, 0.3) is 0 Å². The van der Waals surface area contributed by atoms with Crippen molar-refractivity contribution in [3.05, 3.63) is 0 Å². The Balaban J connectivity index is 0. The molecule has 0 rings (SSSR count). The molecule has 0 N–H and O–H groups in total. The van der Waals surface area contributed by atoms with E-state index in [9.17, 15) is 57.1 Å². The Kier molecular flexibility index (Phi) is 9.50. The molecule has 0 spiro atoms. The third-order valence-electron chi connectivity index (χ3n) is 3.40. The van der Waals surface area contributed by atoms with Crippen LogP contribution in [0.1, 0.15) is 52.9 Å².